The summed E-state index contributed by atoms with van der Waals surface area (Å²) in [6.45, 7) is 1.13. The van der Waals surface area contributed by atoms with Gasteiger partial charge >= 0.3 is 17.9 Å². The van der Waals surface area contributed by atoms with E-state index in [1.54, 1.807) is 0 Å². The van der Waals surface area contributed by atoms with E-state index < -0.39 is 29.7 Å². The van der Waals surface area contributed by atoms with Gasteiger partial charge in [-0.15, -0.1) is 0 Å². The lowest BCUT2D eigenvalue weighted by atomic mass is 10.1. The zero-order valence-electron chi connectivity index (χ0n) is 8.28. The van der Waals surface area contributed by atoms with Gasteiger partial charge in [0.05, 0.1) is 0 Å². The fourth-order valence-electron chi connectivity index (χ4n) is 1.06. The van der Waals surface area contributed by atoms with Crippen LogP contribution in [0.15, 0.2) is 12.2 Å². The van der Waals surface area contributed by atoms with Gasteiger partial charge in [-0.05, 0) is 6.92 Å². The lowest BCUT2D eigenvalue weighted by molar-refractivity contribution is -0.403. The second-order valence-electron chi connectivity index (χ2n) is 3.26. The van der Waals surface area contributed by atoms with Crippen LogP contribution in [0.4, 0.5) is 0 Å². The number of aliphatic hydroxyl groups is 3. The molecule has 8 nitrogen and oxygen atoms in total. The highest BCUT2D eigenvalue weighted by Gasteiger charge is 2.56. The molecule has 0 aromatic rings. The number of hydrogen-bond donors (Lipinski definition) is 4. The Bertz CT molecular complexity index is 345. The molecule has 0 saturated carbocycles. The highest BCUT2D eigenvalue weighted by molar-refractivity contribution is 5.92. The Labute approximate surface area is 89.9 Å². The number of carbonyl (C=O) groups excluding carboxylic acids is 2. The third-order valence-electron chi connectivity index (χ3n) is 2.05. The average Bonchev–Trinajstić information content (AvgIpc) is 2.11. The summed E-state index contributed by atoms with van der Waals surface area (Å²) in [7, 11) is 0. The summed E-state index contributed by atoms with van der Waals surface area (Å²) in [5, 5.41) is 27.0. The van der Waals surface area contributed by atoms with Gasteiger partial charge < -0.3 is 24.8 Å². The lowest BCUT2D eigenvalue weighted by Crippen LogP contribution is -2.69. The summed E-state index contributed by atoms with van der Waals surface area (Å²) >= 11 is 0. The highest BCUT2D eigenvalue weighted by Crippen LogP contribution is 2.24. The second kappa shape index (κ2) is 3.83. The molecule has 0 saturated heterocycles. The Hall–Kier alpha value is -1.48. The van der Waals surface area contributed by atoms with Crippen molar-refractivity contribution in [3.05, 3.63) is 12.2 Å². The van der Waals surface area contributed by atoms with Crippen molar-refractivity contribution in [2.24, 2.45) is 5.73 Å². The first-order chi connectivity index (χ1) is 7.17. The smallest absolute Gasteiger partial charge is 0.336 e. The second-order valence-corrected chi connectivity index (χ2v) is 3.26. The van der Waals surface area contributed by atoms with Crippen molar-refractivity contribution < 1.29 is 34.4 Å². The van der Waals surface area contributed by atoms with Crippen LogP contribution in [-0.2, 0) is 19.1 Å². The maximum absolute atomic E-state index is 11.1. The first-order valence-corrected chi connectivity index (χ1v) is 4.24. The predicted octanol–water partition coefficient (Wildman–Crippen LogP) is -2.68. The maximum atomic E-state index is 11.1. The van der Waals surface area contributed by atoms with Gasteiger partial charge in [0.2, 0.25) is 0 Å². The van der Waals surface area contributed by atoms with E-state index in [2.05, 4.69) is 9.47 Å². The van der Waals surface area contributed by atoms with Crippen molar-refractivity contribution in [1.29, 1.82) is 0 Å². The molecule has 2 atom stereocenters. The number of hydrogen-bond acceptors (Lipinski definition) is 8. The third-order valence-corrected chi connectivity index (χ3v) is 2.05. The van der Waals surface area contributed by atoms with Crippen molar-refractivity contribution in [3.8, 4) is 0 Å². The quantitative estimate of drug-likeness (QED) is 0.284. The Morgan fingerprint density at radius 3 is 2.31 bits per heavy atom. The summed E-state index contributed by atoms with van der Waals surface area (Å²) in [5.41, 5.74) is 2.62. The number of carbonyl (C=O) groups is 2. The standard InChI is InChI=1S/C8H11NO7/c1-4-7(9,8(12,13)14)16-6(11)3-2-5(10)15-4/h2-4,12-14H,9H2,1H3/b3-2-. The largest absolute Gasteiger partial charge is 0.453 e. The van der Waals surface area contributed by atoms with Crippen LogP contribution in [-0.4, -0.2) is 45.1 Å². The van der Waals surface area contributed by atoms with Crippen molar-refractivity contribution in [2.75, 3.05) is 0 Å². The van der Waals surface area contributed by atoms with Crippen LogP contribution in [0.2, 0.25) is 0 Å². The monoisotopic (exact) mass is 233 g/mol. The first-order valence-electron chi connectivity index (χ1n) is 4.24. The normalized spacial score (nSPS) is 33.4. The molecule has 0 bridgehead atoms. The molecule has 1 rings (SSSR count). The molecule has 16 heavy (non-hydrogen) atoms. The highest BCUT2D eigenvalue weighted by atomic mass is 16.7. The summed E-state index contributed by atoms with van der Waals surface area (Å²) in [6, 6.07) is 0. The van der Waals surface area contributed by atoms with Gasteiger partial charge in [0.25, 0.3) is 5.72 Å². The minimum Gasteiger partial charge on any atom is -0.453 e. The summed E-state index contributed by atoms with van der Waals surface area (Å²) < 4.78 is 9.00. The van der Waals surface area contributed by atoms with E-state index in [-0.39, 0.29) is 0 Å². The van der Waals surface area contributed by atoms with Crippen molar-refractivity contribution >= 4 is 11.9 Å². The molecule has 0 aromatic heterocycles. The number of rotatable bonds is 1. The van der Waals surface area contributed by atoms with Crippen molar-refractivity contribution in [1.82, 2.24) is 0 Å². The molecule has 90 valence electrons. The topological polar surface area (TPSA) is 139 Å². The van der Waals surface area contributed by atoms with Gasteiger partial charge in [0.1, 0.15) is 0 Å². The molecule has 0 aliphatic carbocycles. The number of esters is 2. The van der Waals surface area contributed by atoms with Crippen LogP contribution in [0.1, 0.15) is 6.92 Å². The van der Waals surface area contributed by atoms with Gasteiger partial charge in [-0.3, -0.25) is 5.73 Å². The van der Waals surface area contributed by atoms with E-state index >= 15 is 0 Å². The van der Waals surface area contributed by atoms with Crippen LogP contribution in [0.25, 0.3) is 0 Å². The number of cyclic esters (lactones) is 2. The summed E-state index contributed by atoms with van der Waals surface area (Å²) in [6.07, 6.45) is 0.00207. The van der Waals surface area contributed by atoms with E-state index in [0.29, 0.717) is 6.08 Å². The van der Waals surface area contributed by atoms with Gasteiger partial charge in [-0.2, -0.15) is 0 Å². The Kier molecular flexibility index (Phi) is 3.01. The lowest BCUT2D eigenvalue weighted by Gasteiger charge is -2.39. The number of ether oxygens (including phenoxy) is 2. The predicted molar refractivity (Wildman–Crippen MR) is 47.1 cm³/mol. The molecule has 1 aliphatic rings. The van der Waals surface area contributed by atoms with Crippen LogP contribution in [0.5, 0.6) is 0 Å². The fourth-order valence-corrected chi connectivity index (χ4v) is 1.06. The summed E-state index contributed by atoms with van der Waals surface area (Å²) in [4.78, 5) is 22.0. The molecular weight excluding hydrogens is 222 g/mol. The molecule has 5 N–H and O–H groups in total. The maximum Gasteiger partial charge on any atom is 0.336 e. The molecule has 0 fully saturated rings. The van der Waals surface area contributed by atoms with Crippen molar-refractivity contribution in [3.63, 3.8) is 0 Å². The fraction of sp³-hybridized carbons (Fsp3) is 0.500. The zero-order chi connectivity index (χ0) is 12.6. The van der Waals surface area contributed by atoms with Gasteiger partial charge in [-0.1, -0.05) is 0 Å². The summed E-state index contributed by atoms with van der Waals surface area (Å²) in [5.74, 6) is -5.59. The molecule has 2 unspecified atom stereocenters. The third kappa shape index (κ3) is 2.19. The molecular formula is C8H11NO7. The van der Waals surface area contributed by atoms with Gasteiger partial charge in [-0.25, -0.2) is 9.59 Å². The number of nitrogens with two attached hydrogens (primary N) is 1. The molecule has 0 spiro atoms. The van der Waals surface area contributed by atoms with E-state index in [9.17, 15) is 9.59 Å². The van der Waals surface area contributed by atoms with E-state index in [0.717, 1.165) is 13.0 Å². The first kappa shape index (κ1) is 12.6. The minimum atomic E-state index is -3.55. The van der Waals surface area contributed by atoms with Gasteiger partial charge in [0.15, 0.2) is 6.10 Å². The molecule has 0 aromatic carbocycles. The van der Waals surface area contributed by atoms with E-state index in [1.165, 1.54) is 0 Å². The Balaban J connectivity index is 3.13. The van der Waals surface area contributed by atoms with E-state index in [4.69, 9.17) is 21.1 Å². The van der Waals surface area contributed by atoms with Crippen LogP contribution < -0.4 is 5.73 Å². The van der Waals surface area contributed by atoms with E-state index in [1.807, 2.05) is 0 Å². The molecule has 1 heterocycles. The van der Waals surface area contributed by atoms with Crippen LogP contribution in [0.3, 0.4) is 0 Å². The average molecular weight is 233 g/mol. The Morgan fingerprint density at radius 2 is 1.81 bits per heavy atom. The van der Waals surface area contributed by atoms with Gasteiger partial charge in [0, 0.05) is 12.2 Å². The molecule has 0 radical (unpaired) electrons. The minimum absolute atomic E-state index is 0.682. The van der Waals surface area contributed by atoms with Crippen LogP contribution >= 0.6 is 0 Å². The zero-order valence-corrected chi connectivity index (χ0v) is 8.28. The van der Waals surface area contributed by atoms with Crippen LogP contribution in [0, 0.1) is 0 Å². The molecule has 0 amide bonds. The Morgan fingerprint density at radius 1 is 1.31 bits per heavy atom. The molecule has 8 heteroatoms. The molecule has 1 aliphatic heterocycles. The van der Waals surface area contributed by atoms with Crippen molar-refractivity contribution in [2.45, 2.75) is 24.7 Å². The SMILES string of the molecule is CC1OC(=O)/C=C\C(=O)OC1(N)C(O)(O)O.